The molecule has 1 aliphatic heterocycles. The van der Waals surface area contributed by atoms with Crippen LogP contribution in [0.1, 0.15) is 26.2 Å². The maximum atomic E-state index is 11.0. The summed E-state index contributed by atoms with van der Waals surface area (Å²) in [5.41, 5.74) is 0. The van der Waals surface area contributed by atoms with E-state index in [-0.39, 0.29) is 5.91 Å². The predicted octanol–water partition coefficient (Wildman–Crippen LogP) is 1.53. The van der Waals surface area contributed by atoms with Crippen LogP contribution in [-0.4, -0.2) is 17.4 Å². The third-order valence-corrected chi connectivity index (χ3v) is 1.68. The molecule has 0 unspecified atom stereocenters. The van der Waals surface area contributed by atoms with E-state index in [0.29, 0.717) is 6.42 Å². The molecule has 0 radical (unpaired) electrons. The van der Waals surface area contributed by atoms with Crippen molar-refractivity contribution in [1.29, 1.82) is 0 Å². The van der Waals surface area contributed by atoms with Gasteiger partial charge in [0.1, 0.15) is 0 Å². The van der Waals surface area contributed by atoms with E-state index < -0.39 is 0 Å². The minimum absolute atomic E-state index is 0.232. The van der Waals surface area contributed by atoms with Crippen molar-refractivity contribution in [2.75, 3.05) is 6.54 Å². The molecule has 0 bridgehead atoms. The van der Waals surface area contributed by atoms with Crippen molar-refractivity contribution in [2.45, 2.75) is 26.2 Å². The molecule has 56 valence electrons. The predicted molar refractivity (Wildman–Crippen MR) is 40.4 cm³/mol. The van der Waals surface area contributed by atoms with Gasteiger partial charge in [-0.15, -0.1) is 0 Å². The first-order chi connectivity index (χ1) is 4.84. The Balaban J connectivity index is 2.46. The van der Waals surface area contributed by atoms with E-state index in [9.17, 15) is 4.79 Å². The van der Waals surface area contributed by atoms with Gasteiger partial charge in [-0.3, -0.25) is 4.79 Å². The van der Waals surface area contributed by atoms with Gasteiger partial charge < -0.3 is 4.90 Å². The van der Waals surface area contributed by atoms with Crippen LogP contribution in [0.2, 0.25) is 0 Å². The average Bonchev–Trinajstić information content (AvgIpc) is 2.05. The normalized spacial score (nSPS) is 17.5. The first-order valence-corrected chi connectivity index (χ1v) is 3.80. The molecule has 0 aromatic rings. The van der Waals surface area contributed by atoms with Gasteiger partial charge in [-0.25, -0.2) is 0 Å². The van der Waals surface area contributed by atoms with Crippen LogP contribution in [-0.2, 0) is 4.79 Å². The quantitative estimate of drug-likeness (QED) is 0.539. The van der Waals surface area contributed by atoms with Gasteiger partial charge in [0.25, 0.3) is 0 Å². The molecule has 0 atom stereocenters. The van der Waals surface area contributed by atoms with Crippen LogP contribution in [0.3, 0.4) is 0 Å². The van der Waals surface area contributed by atoms with Crippen molar-refractivity contribution in [1.82, 2.24) is 4.90 Å². The van der Waals surface area contributed by atoms with Crippen LogP contribution in [0.25, 0.3) is 0 Å². The maximum Gasteiger partial charge on any atom is 0.226 e. The molecule has 0 saturated carbocycles. The molecule has 2 nitrogen and oxygen atoms in total. The highest BCUT2D eigenvalue weighted by molar-refractivity contribution is 5.76. The highest BCUT2D eigenvalue weighted by Gasteiger charge is 2.09. The molecule has 1 rings (SSSR count). The molecule has 0 spiro atoms. The Kier molecular flexibility index (Phi) is 2.49. The highest BCUT2D eigenvalue weighted by Crippen LogP contribution is 2.06. The van der Waals surface area contributed by atoms with Crippen LogP contribution in [0, 0.1) is 0 Å². The van der Waals surface area contributed by atoms with E-state index in [1.165, 1.54) is 0 Å². The maximum absolute atomic E-state index is 11.0. The molecule has 0 fully saturated rings. The second-order valence-electron chi connectivity index (χ2n) is 2.47. The summed E-state index contributed by atoms with van der Waals surface area (Å²) in [6.45, 7) is 2.80. The number of rotatable bonds is 1. The Bertz CT molecular complexity index is 151. The Morgan fingerprint density at radius 2 is 2.50 bits per heavy atom. The fraction of sp³-hybridized carbons (Fsp3) is 0.625. The molecule has 0 N–H and O–H groups in total. The van der Waals surface area contributed by atoms with Crippen molar-refractivity contribution in [2.24, 2.45) is 0 Å². The lowest BCUT2D eigenvalue weighted by molar-refractivity contribution is -0.128. The third kappa shape index (κ3) is 1.59. The molecule has 0 aliphatic carbocycles. The molecule has 0 aromatic carbocycles. The average molecular weight is 139 g/mol. The molecule has 0 saturated heterocycles. The third-order valence-electron chi connectivity index (χ3n) is 1.68. The van der Waals surface area contributed by atoms with Crippen molar-refractivity contribution in [3.05, 3.63) is 12.3 Å². The van der Waals surface area contributed by atoms with E-state index in [2.05, 4.69) is 6.08 Å². The number of nitrogens with zero attached hydrogens (tertiary/aromatic N) is 1. The zero-order valence-electron chi connectivity index (χ0n) is 6.34. The number of allylic oxidation sites excluding steroid dienone is 1. The molecule has 2 heteroatoms. The number of hydrogen-bond donors (Lipinski definition) is 0. The summed E-state index contributed by atoms with van der Waals surface area (Å²) in [5, 5.41) is 0. The molecular weight excluding hydrogens is 126 g/mol. The summed E-state index contributed by atoms with van der Waals surface area (Å²) in [6.07, 6.45) is 6.80. The van der Waals surface area contributed by atoms with Gasteiger partial charge in [0.15, 0.2) is 0 Å². The minimum atomic E-state index is 0.232. The fourth-order valence-corrected chi connectivity index (χ4v) is 1.07. The van der Waals surface area contributed by atoms with Gasteiger partial charge in [0.2, 0.25) is 5.91 Å². The minimum Gasteiger partial charge on any atom is -0.319 e. The lowest BCUT2D eigenvalue weighted by Gasteiger charge is -2.20. The van der Waals surface area contributed by atoms with E-state index in [1.54, 1.807) is 4.90 Å². The topological polar surface area (TPSA) is 20.3 Å². The summed E-state index contributed by atoms with van der Waals surface area (Å²) in [6, 6.07) is 0. The van der Waals surface area contributed by atoms with E-state index in [0.717, 1.165) is 19.4 Å². The zero-order valence-corrected chi connectivity index (χ0v) is 6.34. The largest absolute Gasteiger partial charge is 0.319 e. The lowest BCUT2D eigenvalue weighted by atomic mass is 10.2. The molecule has 1 aliphatic rings. The van der Waals surface area contributed by atoms with E-state index in [1.807, 2.05) is 13.1 Å². The first kappa shape index (κ1) is 7.32. The Hall–Kier alpha value is -0.790. The molecule has 1 amide bonds. The monoisotopic (exact) mass is 139 g/mol. The van der Waals surface area contributed by atoms with Crippen LogP contribution >= 0.6 is 0 Å². The lowest BCUT2D eigenvalue weighted by Crippen LogP contribution is -2.27. The molecular formula is C8H13NO. The van der Waals surface area contributed by atoms with E-state index >= 15 is 0 Å². The summed E-state index contributed by atoms with van der Waals surface area (Å²) < 4.78 is 0. The van der Waals surface area contributed by atoms with E-state index in [4.69, 9.17) is 0 Å². The number of amides is 1. The van der Waals surface area contributed by atoms with Gasteiger partial charge in [-0.1, -0.05) is 13.0 Å². The van der Waals surface area contributed by atoms with Crippen LogP contribution in [0.4, 0.5) is 0 Å². The van der Waals surface area contributed by atoms with Gasteiger partial charge in [0.05, 0.1) is 0 Å². The number of carbonyl (C=O) groups excluding carboxylic acids is 1. The first-order valence-electron chi connectivity index (χ1n) is 3.80. The SMILES string of the molecule is CCC(=O)N1C=CCCC1. The van der Waals surface area contributed by atoms with Crippen molar-refractivity contribution in [3.8, 4) is 0 Å². The van der Waals surface area contributed by atoms with Crippen molar-refractivity contribution >= 4 is 5.91 Å². The molecule has 10 heavy (non-hydrogen) atoms. The van der Waals surface area contributed by atoms with Crippen molar-refractivity contribution < 1.29 is 4.79 Å². The zero-order chi connectivity index (χ0) is 7.40. The van der Waals surface area contributed by atoms with Gasteiger partial charge >= 0.3 is 0 Å². The highest BCUT2D eigenvalue weighted by atomic mass is 16.2. The Labute approximate surface area is 61.5 Å². The van der Waals surface area contributed by atoms with Gasteiger partial charge in [-0.2, -0.15) is 0 Å². The number of hydrogen-bond acceptors (Lipinski definition) is 1. The second kappa shape index (κ2) is 3.40. The molecule has 1 heterocycles. The van der Waals surface area contributed by atoms with Crippen molar-refractivity contribution in [3.63, 3.8) is 0 Å². The fourth-order valence-electron chi connectivity index (χ4n) is 1.07. The van der Waals surface area contributed by atoms with Crippen LogP contribution in [0.15, 0.2) is 12.3 Å². The summed E-state index contributed by atoms with van der Waals surface area (Å²) in [5.74, 6) is 0.232. The molecule has 0 aromatic heterocycles. The summed E-state index contributed by atoms with van der Waals surface area (Å²) in [7, 11) is 0. The summed E-state index contributed by atoms with van der Waals surface area (Å²) >= 11 is 0. The van der Waals surface area contributed by atoms with Crippen LogP contribution < -0.4 is 0 Å². The smallest absolute Gasteiger partial charge is 0.226 e. The standard InChI is InChI=1S/C8H13NO/c1-2-8(10)9-6-4-3-5-7-9/h4,6H,2-3,5,7H2,1H3. The van der Waals surface area contributed by atoms with Crippen LogP contribution in [0.5, 0.6) is 0 Å². The Morgan fingerprint density at radius 3 is 3.00 bits per heavy atom. The number of carbonyl (C=O) groups is 1. The Morgan fingerprint density at radius 1 is 1.70 bits per heavy atom. The van der Waals surface area contributed by atoms with Gasteiger partial charge in [-0.05, 0) is 12.8 Å². The summed E-state index contributed by atoms with van der Waals surface area (Å²) in [4.78, 5) is 12.8. The van der Waals surface area contributed by atoms with Gasteiger partial charge in [0, 0.05) is 19.2 Å². The second-order valence-corrected chi connectivity index (χ2v) is 2.47.